The number of benzene rings is 2. The molecule has 156 valence electrons. The summed E-state index contributed by atoms with van der Waals surface area (Å²) in [6, 6.07) is 14.3. The van der Waals surface area contributed by atoms with E-state index in [2.05, 4.69) is 17.0 Å². The Labute approximate surface area is 180 Å². The number of aromatic nitrogens is 2. The van der Waals surface area contributed by atoms with E-state index in [0.717, 1.165) is 27.5 Å². The van der Waals surface area contributed by atoms with E-state index >= 15 is 0 Å². The zero-order valence-electron chi connectivity index (χ0n) is 17.4. The van der Waals surface area contributed by atoms with Crippen LogP contribution >= 0.6 is 0 Å². The van der Waals surface area contributed by atoms with Crippen LogP contribution in [-0.2, 0) is 6.54 Å². The van der Waals surface area contributed by atoms with E-state index < -0.39 is 5.91 Å². The fraction of sp³-hybridized carbons (Fsp3) is 0.167. The molecule has 2 heterocycles. The van der Waals surface area contributed by atoms with Crippen LogP contribution in [0.1, 0.15) is 48.0 Å². The smallest absolute Gasteiger partial charge is 0.261 e. The number of fused-ring (bicyclic) bond motifs is 1. The minimum absolute atomic E-state index is 0.137. The number of carbonyl (C=O) groups is 3. The van der Waals surface area contributed by atoms with Gasteiger partial charge in [0.25, 0.3) is 17.7 Å². The summed E-state index contributed by atoms with van der Waals surface area (Å²) in [4.78, 5) is 38.7. The van der Waals surface area contributed by atoms with Crippen LogP contribution in [0.2, 0.25) is 0 Å². The number of rotatable bonds is 6. The Kier molecular flexibility index (Phi) is 5.25. The number of imide groups is 1. The first-order valence-electron chi connectivity index (χ1n) is 9.92. The van der Waals surface area contributed by atoms with Gasteiger partial charge in [-0.2, -0.15) is 5.10 Å². The van der Waals surface area contributed by atoms with E-state index in [1.807, 2.05) is 48.9 Å². The number of amides is 3. The van der Waals surface area contributed by atoms with Crippen molar-refractivity contribution in [1.29, 1.82) is 0 Å². The van der Waals surface area contributed by atoms with Gasteiger partial charge >= 0.3 is 0 Å². The van der Waals surface area contributed by atoms with Crippen LogP contribution in [-0.4, -0.2) is 38.9 Å². The van der Waals surface area contributed by atoms with E-state index in [1.165, 1.54) is 18.2 Å². The molecule has 7 heteroatoms. The molecule has 0 radical (unpaired) electrons. The minimum atomic E-state index is -0.412. The molecule has 0 bridgehead atoms. The zero-order chi connectivity index (χ0) is 22.1. The number of carbonyl (C=O) groups excluding carboxylic acids is 3. The van der Waals surface area contributed by atoms with Crippen molar-refractivity contribution in [2.45, 2.75) is 20.4 Å². The summed E-state index contributed by atoms with van der Waals surface area (Å²) in [5.41, 5.74) is 4.53. The summed E-state index contributed by atoms with van der Waals surface area (Å²) in [5, 5.41) is 7.49. The molecule has 0 saturated carbocycles. The fourth-order valence-corrected chi connectivity index (χ4v) is 3.75. The largest absolute Gasteiger partial charge is 0.348 e. The van der Waals surface area contributed by atoms with Crippen LogP contribution in [0.15, 0.2) is 61.2 Å². The third-order valence-electron chi connectivity index (χ3n) is 5.41. The van der Waals surface area contributed by atoms with Crippen molar-refractivity contribution in [3.05, 3.63) is 94.8 Å². The van der Waals surface area contributed by atoms with Crippen molar-refractivity contribution in [1.82, 2.24) is 20.0 Å². The Balaban J connectivity index is 1.52. The minimum Gasteiger partial charge on any atom is -0.348 e. The quantitative estimate of drug-likeness (QED) is 0.496. The first-order valence-corrected chi connectivity index (χ1v) is 9.92. The molecule has 0 saturated heterocycles. The van der Waals surface area contributed by atoms with Crippen LogP contribution in [0.3, 0.4) is 0 Å². The van der Waals surface area contributed by atoms with Gasteiger partial charge in [0.15, 0.2) is 0 Å². The van der Waals surface area contributed by atoms with Gasteiger partial charge in [0.2, 0.25) is 0 Å². The number of hydrogen-bond donors (Lipinski definition) is 1. The molecule has 0 fully saturated rings. The van der Waals surface area contributed by atoms with Gasteiger partial charge < -0.3 is 5.32 Å². The maximum absolute atomic E-state index is 12.7. The molecule has 0 spiro atoms. The van der Waals surface area contributed by atoms with Gasteiger partial charge in [-0.1, -0.05) is 24.3 Å². The highest BCUT2D eigenvalue weighted by Gasteiger charge is 2.35. The molecule has 0 atom stereocenters. The average molecular weight is 414 g/mol. The second-order valence-electron chi connectivity index (χ2n) is 7.35. The molecule has 4 rings (SSSR count). The summed E-state index contributed by atoms with van der Waals surface area (Å²) in [7, 11) is 0. The number of aryl methyl sites for hydroxylation is 1. The van der Waals surface area contributed by atoms with E-state index in [0.29, 0.717) is 17.7 Å². The SMILES string of the molecule is C=CCN1C(=O)c2ccc(C(=O)NCc3c(C)nn(-c4ccccc4)c3C)cc2C1=O. The Morgan fingerprint density at radius 3 is 2.48 bits per heavy atom. The average Bonchev–Trinajstić information content (AvgIpc) is 3.20. The molecule has 31 heavy (non-hydrogen) atoms. The van der Waals surface area contributed by atoms with Gasteiger partial charge in [-0.3, -0.25) is 19.3 Å². The van der Waals surface area contributed by atoms with Crippen molar-refractivity contribution in [3.8, 4) is 5.69 Å². The molecule has 3 amide bonds. The Bertz CT molecular complexity index is 1210. The highest BCUT2D eigenvalue weighted by atomic mass is 16.2. The second kappa shape index (κ2) is 8.02. The number of nitrogens with one attached hydrogen (secondary N) is 1. The lowest BCUT2D eigenvalue weighted by Crippen LogP contribution is -2.29. The first kappa shape index (κ1) is 20.3. The molecule has 1 aliphatic heterocycles. The van der Waals surface area contributed by atoms with Crippen LogP contribution in [0.25, 0.3) is 5.69 Å². The van der Waals surface area contributed by atoms with E-state index in [1.54, 1.807) is 6.07 Å². The molecular formula is C24H22N4O3. The molecular weight excluding hydrogens is 392 g/mol. The highest BCUT2D eigenvalue weighted by Crippen LogP contribution is 2.24. The molecule has 0 aliphatic carbocycles. The lowest BCUT2D eigenvalue weighted by molar-refractivity contribution is 0.0672. The highest BCUT2D eigenvalue weighted by molar-refractivity contribution is 6.22. The Hall–Kier alpha value is -4.00. The topological polar surface area (TPSA) is 84.3 Å². The predicted molar refractivity (Wildman–Crippen MR) is 116 cm³/mol. The number of nitrogens with zero attached hydrogens (tertiary/aromatic N) is 3. The Morgan fingerprint density at radius 2 is 1.77 bits per heavy atom. The van der Waals surface area contributed by atoms with Crippen molar-refractivity contribution in [2.24, 2.45) is 0 Å². The lowest BCUT2D eigenvalue weighted by atomic mass is 10.1. The molecule has 2 aromatic carbocycles. The van der Waals surface area contributed by atoms with Crippen LogP contribution in [0.5, 0.6) is 0 Å². The summed E-state index contributed by atoms with van der Waals surface area (Å²) in [5.74, 6) is -1.10. The molecule has 1 aliphatic rings. The van der Waals surface area contributed by atoms with Crippen molar-refractivity contribution in [3.63, 3.8) is 0 Å². The van der Waals surface area contributed by atoms with Gasteiger partial charge in [-0.05, 0) is 44.2 Å². The second-order valence-corrected chi connectivity index (χ2v) is 7.35. The molecule has 0 unspecified atom stereocenters. The summed E-state index contributed by atoms with van der Waals surface area (Å²) in [6.45, 7) is 7.88. The summed E-state index contributed by atoms with van der Waals surface area (Å²) < 4.78 is 1.85. The maximum Gasteiger partial charge on any atom is 0.261 e. The zero-order valence-corrected chi connectivity index (χ0v) is 17.4. The summed E-state index contributed by atoms with van der Waals surface area (Å²) in [6.07, 6.45) is 1.50. The molecule has 3 aromatic rings. The molecule has 7 nitrogen and oxygen atoms in total. The first-order chi connectivity index (χ1) is 14.9. The maximum atomic E-state index is 12.7. The van der Waals surface area contributed by atoms with Gasteiger partial charge in [-0.15, -0.1) is 6.58 Å². The van der Waals surface area contributed by atoms with E-state index in [9.17, 15) is 14.4 Å². The fourth-order valence-electron chi connectivity index (χ4n) is 3.75. The standard InChI is InChI=1S/C24H22N4O3/c1-4-12-27-23(30)19-11-10-17(13-20(19)24(27)31)22(29)25-14-21-15(2)26-28(16(21)3)18-8-6-5-7-9-18/h4-11,13H,1,12,14H2,2-3H3,(H,25,29). The summed E-state index contributed by atoms with van der Waals surface area (Å²) >= 11 is 0. The molecule has 1 N–H and O–H groups in total. The number of hydrogen-bond acceptors (Lipinski definition) is 4. The Morgan fingerprint density at radius 1 is 1.06 bits per heavy atom. The van der Waals surface area contributed by atoms with Crippen molar-refractivity contribution >= 4 is 17.7 Å². The third-order valence-corrected chi connectivity index (χ3v) is 5.41. The monoisotopic (exact) mass is 414 g/mol. The van der Waals surface area contributed by atoms with Crippen LogP contribution in [0, 0.1) is 13.8 Å². The molecule has 1 aromatic heterocycles. The van der Waals surface area contributed by atoms with Gasteiger partial charge in [0, 0.05) is 29.9 Å². The van der Waals surface area contributed by atoms with Crippen LogP contribution in [0.4, 0.5) is 0 Å². The lowest BCUT2D eigenvalue weighted by Gasteiger charge is -2.09. The van der Waals surface area contributed by atoms with Gasteiger partial charge in [0.05, 0.1) is 22.5 Å². The third kappa shape index (κ3) is 3.54. The van der Waals surface area contributed by atoms with Crippen molar-refractivity contribution < 1.29 is 14.4 Å². The number of para-hydroxylation sites is 1. The van der Waals surface area contributed by atoms with Crippen molar-refractivity contribution in [2.75, 3.05) is 6.54 Å². The normalized spacial score (nSPS) is 12.8. The van der Waals surface area contributed by atoms with Gasteiger partial charge in [0.1, 0.15) is 0 Å². The van der Waals surface area contributed by atoms with E-state index in [-0.39, 0.29) is 23.9 Å². The van der Waals surface area contributed by atoms with Crippen LogP contribution < -0.4 is 5.32 Å². The van der Waals surface area contributed by atoms with Gasteiger partial charge in [-0.25, -0.2) is 4.68 Å². The predicted octanol–water partition coefficient (Wildman–Crippen LogP) is 3.20. The van der Waals surface area contributed by atoms with E-state index in [4.69, 9.17) is 0 Å².